The molecule has 2 aromatic heterocycles. The van der Waals surface area contributed by atoms with E-state index in [1.807, 2.05) is 32.0 Å². The molecule has 0 aliphatic heterocycles. The fourth-order valence-corrected chi connectivity index (χ4v) is 3.41. The quantitative estimate of drug-likeness (QED) is 0.659. The molecule has 3 aromatic rings. The van der Waals surface area contributed by atoms with Crippen LogP contribution in [0.5, 0.6) is 5.75 Å². The Kier molecular flexibility index (Phi) is 4.58. The van der Waals surface area contributed by atoms with Gasteiger partial charge in [0.25, 0.3) is 5.89 Å². The van der Waals surface area contributed by atoms with E-state index in [1.165, 1.54) is 0 Å². The number of hydrogen-bond donors (Lipinski definition) is 1. The van der Waals surface area contributed by atoms with Gasteiger partial charge < -0.3 is 19.5 Å². The molecule has 1 saturated carbocycles. The molecule has 0 spiro atoms. The van der Waals surface area contributed by atoms with Crippen LogP contribution >= 0.6 is 15.9 Å². The monoisotopic (exact) mass is 415 g/mol. The lowest BCUT2D eigenvalue weighted by molar-refractivity contribution is 0.327. The molecule has 0 unspecified atom stereocenters. The van der Waals surface area contributed by atoms with E-state index in [1.54, 1.807) is 0 Å². The zero-order valence-electron chi connectivity index (χ0n) is 14.8. The molecule has 2 heterocycles. The lowest BCUT2D eigenvalue weighted by Gasteiger charge is -2.16. The van der Waals surface area contributed by atoms with Crippen LogP contribution in [0.3, 0.4) is 0 Å². The Morgan fingerprint density at radius 1 is 1.35 bits per heavy atom. The minimum Gasteiger partial charge on any atom is -0.490 e. The smallest absolute Gasteiger partial charge is 0.264 e. The van der Waals surface area contributed by atoms with Gasteiger partial charge in [-0.05, 0) is 50.5 Å². The fraction of sp³-hybridized carbons (Fsp3) is 0.368. The van der Waals surface area contributed by atoms with Gasteiger partial charge in [-0.15, -0.1) is 10.2 Å². The van der Waals surface area contributed by atoms with E-state index in [0.29, 0.717) is 25.0 Å². The highest BCUT2D eigenvalue weighted by Crippen LogP contribution is 2.41. The largest absolute Gasteiger partial charge is 0.490 e. The van der Waals surface area contributed by atoms with Gasteiger partial charge in [0.15, 0.2) is 0 Å². The molecule has 1 aliphatic rings. The van der Waals surface area contributed by atoms with E-state index in [2.05, 4.69) is 36.8 Å². The second-order valence-electron chi connectivity index (χ2n) is 6.49. The number of rotatable bonds is 6. The number of halogens is 1. The fourth-order valence-electron chi connectivity index (χ4n) is 3.06. The molecule has 6 nitrogen and oxygen atoms in total. The van der Waals surface area contributed by atoms with Gasteiger partial charge in [-0.3, -0.25) is 0 Å². The molecule has 7 heteroatoms. The van der Waals surface area contributed by atoms with Crippen LogP contribution in [0.4, 0.5) is 0 Å². The van der Waals surface area contributed by atoms with E-state index in [4.69, 9.17) is 14.9 Å². The molecule has 0 bridgehead atoms. The Morgan fingerprint density at radius 2 is 2.15 bits per heavy atom. The third kappa shape index (κ3) is 3.17. The van der Waals surface area contributed by atoms with Crippen LogP contribution < -0.4 is 10.5 Å². The van der Waals surface area contributed by atoms with E-state index in [0.717, 1.165) is 51.6 Å². The summed E-state index contributed by atoms with van der Waals surface area (Å²) in [4.78, 5) is 0. The number of benzene rings is 1. The van der Waals surface area contributed by atoms with Crippen molar-refractivity contribution < 1.29 is 9.15 Å². The molecule has 1 aromatic carbocycles. The molecular formula is C19H20BrN4O2. The second-order valence-corrected chi connectivity index (χ2v) is 7.40. The molecule has 1 fully saturated rings. The summed E-state index contributed by atoms with van der Waals surface area (Å²) < 4.78 is 14.8. The summed E-state index contributed by atoms with van der Waals surface area (Å²) >= 11 is 3.55. The third-order valence-electron chi connectivity index (χ3n) is 4.39. The van der Waals surface area contributed by atoms with Crippen LogP contribution in [0, 0.1) is 19.9 Å². The van der Waals surface area contributed by atoms with Crippen molar-refractivity contribution in [3.63, 3.8) is 0 Å². The van der Waals surface area contributed by atoms with Crippen molar-refractivity contribution in [3.8, 4) is 23.0 Å². The van der Waals surface area contributed by atoms with Crippen molar-refractivity contribution in [2.24, 2.45) is 5.73 Å². The number of ether oxygens (including phenoxy) is 1. The first-order valence-electron chi connectivity index (χ1n) is 8.66. The lowest BCUT2D eigenvalue weighted by Crippen LogP contribution is -2.12. The Morgan fingerprint density at radius 3 is 2.88 bits per heavy atom. The highest BCUT2D eigenvalue weighted by Gasteiger charge is 2.30. The van der Waals surface area contributed by atoms with Crippen molar-refractivity contribution in [1.29, 1.82) is 0 Å². The molecule has 4 rings (SSSR count). The van der Waals surface area contributed by atoms with Gasteiger partial charge in [-0.1, -0.05) is 15.9 Å². The first kappa shape index (κ1) is 17.3. The van der Waals surface area contributed by atoms with Crippen molar-refractivity contribution >= 4 is 15.9 Å². The molecule has 0 saturated heterocycles. The molecule has 0 atom stereocenters. The van der Waals surface area contributed by atoms with Gasteiger partial charge >= 0.3 is 0 Å². The first-order chi connectivity index (χ1) is 12.6. The number of hydrogen-bond acceptors (Lipinski definition) is 5. The minimum absolute atomic E-state index is 0.416. The number of nitrogens with two attached hydrogens (primary N) is 1. The van der Waals surface area contributed by atoms with E-state index in [9.17, 15) is 0 Å². The maximum atomic E-state index is 5.97. The summed E-state index contributed by atoms with van der Waals surface area (Å²) in [6, 6.07) is 9.25. The zero-order chi connectivity index (χ0) is 18.3. The highest BCUT2D eigenvalue weighted by molar-refractivity contribution is 9.10. The van der Waals surface area contributed by atoms with Gasteiger partial charge in [0.05, 0.1) is 5.69 Å². The van der Waals surface area contributed by atoms with Crippen LogP contribution in [0.15, 0.2) is 27.1 Å². The zero-order valence-corrected chi connectivity index (χ0v) is 16.3. The molecular weight excluding hydrogens is 396 g/mol. The maximum Gasteiger partial charge on any atom is 0.264 e. The molecule has 26 heavy (non-hydrogen) atoms. The topological polar surface area (TPSA) is 79.1 Å². The van der Waals surface area contributed by atoms with Gasteiger partial charge in [0, 0.05) is 28.7 Å². The normalized spacial score (nSPS) is 14.0. The Bertz CT molecular complexity index is 943. The highest BCUT2D eigenvalue weighted by atomic mass is 79.9. The molecule has 1 aliphatic carbocycles. The standard InChI is InChI=1S/C19H20BrN4O2/c1-11-9-12(2)24(15-10-14(20)5-6-16(15)25-8-7-21)17(11)19-23-22-18(26-19)13-3-4-13/h5-6,10,13H,3-4,7-8,21H2,1-2H3. The van der Waals surface area contributed by atoms with E-state index >= 15 is 0 Å². The van der Waals surface area contributed by atoms with Crippen LogP contribution in [0.2, 0.25) is 0 Å². The predicted molar refractivity (Wildman–Crippen MR) is 102 cm³/mol. The summed E-state index contributed by atoms with van der Waals surface area (Å²) in [7, 11) is 0. The third-order valence-corrected chi connectivity index (χ3v) is 4.88. The van der Waals surface area contributed by atoms with Crippen LogP contribution in [0.1, 0.15) is 35.9 Å². The van der Waals surface area contributed by atoms with Crippen molar-refractivity contribution in [3.05, 3.63) is 45.9 Å². The average Bonchev–Trinajstić information content (AvgIpc) is 3.28. The Hall–Kier alpha value is -2.12. The van der Waals surface area contributed by atoms with Gasteiger partial charge in [-0.2, -0.15) is 0 Å². The SMILES string of the molecule is Cc1[c]c(C)n(-c2cc(Br)ccc2OCCN)c1-c1nnc(C2CC2)o1. The number of nitrogens with zero attached hydrogens (tertiary/aromatic N) is 3. The van der Waals surface area contributed by atoms with Crippen LogP contribution in [-0.2, 0) is 0 Å². The van der Waals surface area contributed by atoms with Gasteiger partial charge in [-0.25, -0.2) is 0 Å². The summed E-state index contributed by atoms with van der Waals surface area (Å²) in [6.07, 6.45) is 2.24. The van der Waals surface area contributed by atoms with Crippen molar-refractivity contribution in [2.75, 3.05) is 13.2 Å². The summed E-state index contributed by atoms with van der Waals surface area (Å²) in [5.74, 6) is 2.39. The Balaban J connectivity index is 1.85. The maximum absolute atomic E-state index is 5.97. The molecule has 2 N–H and O–H groups in total. The minimum atomic E-state index is 0.416. The van der Waals surface area contributed by atoms with Crippen molar-refractivity contribution in [2.45, 2.75) is 32.6 Å². The van der Waals surface area contributed by atoms with Gasteiger partial charge in [0.1, 0.15) is 18.1 Å². The first-order valence-corrected chi connectivity index (χ1v) is 9.45. The number of aromatic nitrogens is 3. The Labute approximate surface area is 160 Å². The predicted octanol–water partition coefficient (Wildman–Crippen LogP) is 3.92. The average molecular weight is 416 g/mol. The molecule has 0 amide bonds. The number of aryl methyl sites for hydroxylation is 2. The molecule has 1 radical (unpaired) electrons. The van der Waals surface area contributed by atoms with Crippen molar-refractivity contribution in [1.82, 2.24) is 14.8 Å². The van der Waals surface area contributed by atoms with Gasteiger partial charge in [0.2, 0.25) is 5.89 Å². The van der Waals surface area contributed by atoms with E-state index in [-0.39, 0.29) is 0 Å². The summed E-state index contributed by atoms with van der Waals surface area (Å²) in [5, 5.41) is 8.52. The second kappa shape index (κ2) is 6.89. The summed E-state index contributed by atoms with van der Waals surface area (Å²) in [5.41, 5.74) is 9.24. The molecule has 135 valence electrons. The van der Waals surface area contributed by atoms with Crippen LogP contribution in [0.25, 0.3) is 17.3 Å². The van der Waals surface area contributed by atoms with Crippen LogP contribution in [-0.4, -0.2) is 27.9 Å². The summed E-state index contributed by atoms with van der Waals surface area (Å²) in [6.45, 7) is 4.90. The van der Waals surface area contributed by atoms with E-state index < -0.39 is 0 Å². The lowest BCUT2D eigenvalue weighted by atomic mass is 10.2.